The van der Waals surface area contributed by atoms with Crippen LogP contribution in [0.25, 0.3) is 22.4 Å². The van der Waals surface area contributed by atoms with Gasteiger partial charge in [-0.1, -0.05) is 25.4 Å². The molecule has 1 aliphatic rings. The number of H-pyrrole nitrogens is 1. The van der Waals surface area contributed by atoms with E-state index in [4.69, 9.17) is 16.6 Å². The van der Waals surface area contributed by atoms with E-state index < -0.39 is 0 Å². The molecule has 3 amide bonds. The fourth-order valence-corrected chi connectivity index (χ4v) is 4.53. The van der Waals surface area contributed by atoms with Crippen molar-refractivity contribution in [2.45, 2.75) is 58.4 Å². The number of aromatic nitrogens is 4. The van der Waals surface area contributed by atoms with E-state index in [1.165, 1.54) is 0 Å². The Kier molecular flexibility index (Phi) is 8.58. The van der Waals surface area contributed by atoms with Gasteiger partial charge in [-0.05, 0) is 38.2 Å². The molecule has 0 spiro atoms. The Morgan fingerprint density at radius 2 is 2.06 bits per heavy atom. The molecule has 10 nitrogen and oxygen atoms in total. The van der Waals surface area contributed by atoms with Crippen LogP contribution in [0.3, 0.4) is 0 Å². The third kappa shape index (κ3) is 6.04. The Labute approximate surface area is 215 Å². The quantitative estimate of drug-likeness (QED) is 0.326. The zero-order chi connectivity index (χ0) is 25.5. The van der Waals surface area contributed by atoms with Gasteiger partial charge in [0.15, 0.2) is 11.6 Å². The summed E-state index contributed by atoms with van der Waals surface area (Å²) in [5, 5.41) is 10.6. The minimum atomic E-state index is -0.0989. The zero-order valence-corrected chi connectivity index (χ0v) is 21.5. The van der Waals surface area contributed by atoms with E-state index in [1.807, 2.05) is 24.8 Å². The molecule has 4 heterocycles. The molecule has 11 heteroatoms. The summed E-state index contributed by atoms with van der Waals surface area (Å²) in [4.78, 5) is 43.7. The van der Waals surface area contributed by atoms with E-state index in [1.54, 1.807) is 18.6 Å². The maximum atomic E-state index is 12.7. The number of rotatable bonds is 9. The number of anilines is 2. The Morgan fingerprint density at radius 3 is 2.86 bits per heavy atom. The predicted octanol–water partition coefficient (Wildman–Crippen LogP) is 4.80. The molecular weight excluding hydrogens is 480 g/mol. The standard InChI is InChI=1S/C25H33ClN8O2/c1-3-7-21(35)32-20-15-31-23(19-14-30-22-18(19)11-16(26)12-28-22)33-24(20)29-13-17-8-5-6-10-34(17)25(36)27-9-4-2/h11-12,14-15,17H,3-10,13H2,1-2H3,(H,27,36)(H,28,30)(H,32,35)(H,29,31,33)/t17-/m1/s1. The summed E-state index contributed by atoms with van der Waals surface area (Å²) in [7, 11) is 0. The van der Waals surface area contributed by atoms with Crippen molar-refractivity contribution >= 4 is 46.1 Å². The van der Waals surface area contributed by atoms with E-state index in [-0.39, 0.29) is 18.0 Å². The number of carbonyl (C=O) groups excluding carboxylic acids is 2. The molecule has 0 aromatic carbocycles. The molecule has 1 fully saturated rings. The zero-order valence-electron chi connectivity index (χ0n) is 20.7. The van der Waals surface area contributed by atoms with Gasteiger partial charge in [-0.3, -0.25) is 4.79 Å². The van der Waals surface area contributed by atoms with Crippen LogP contribution in [0.15, 0.2) is 24.7 Å². The van der Waals surface area contributed by atoms with Crippen molar-refractivity contribution in [1.82, 2.24) is 30.2 Å². The lowest BCUT2D eigenvalue weighted by Gasteiger charge is -2.36. The molecule has 1 saturated heterocycles. The number of halogens is 1. The Hall–Kier alpha value is -3.40. The smallest absolute Gasteiger partial charge is 0.317 e. The second kappa shape index (κ2) is 12.0. The van der Waals surface area contributed by atoms with Crippen molar-refractivity contribution in [1.29, 1.82) is 0 Å². The highest BCUT2D eigenvalue weighted by Crippen LogP contribution is 2.30. The van der Waals surface area contributed by atoms with Crippen LogP contribution in [0, 0.1) is 0 Å². The van der Waals surface area contributed by atoms with E-state index >= 15 is 0 Å². The van der Waals surface area contributed by atoms with Crippen molar-refractivity contribution < 1.29 is 9.59 Å². The number of fused-ring (bicyclic) bond motifs is 1. The third-order valence-electron chi connectivity index (χ3n) is 6.20. The molecule has 0 aliphatic carbocycles. The molecule has 3 aromatic heterocycles. The molecule has 192 valence electrons. The first-order chi connectivity index (χ1) is 17.5. The fraction of sp³-hybridized carbons (Fsp3) is 0.480. The van der Waals surface area contributed by atoms with Crippen molar-refractivity contribution in [2.75, 3.05) is 30.3 Å². The van der Waals surface area contributed by atoms with Gasteiger partial charge >= 0.3 is 6.03 Å². The van der Waals surface area contributed by atoms with Gasteiger partial charge in [-0.25, -0.2) is 19.7 Å². The molecular formula is C25H33ClN8O2. The molecule has 1 atom stereocenters. The molecule has 4 rings (SSSR count). The summed E-state index contributed by atoms with van der Waals surface area (Å²) in [6.07, 6.45) is 9.96. The lowest BCUT2D eigenvalue weighted by molar-refractivity contribution is -0.116. The van der Waals surface area contributed by atoms with Crippen molar-refractivity contribution in [3.05, 3.63) is 29.7 Å². The number of amides is 3. The number of carbonyl (C=O) groups is 2. The number of urea groups is 1. The number of nitrogens with zero attached hydrogens (tertiary/aromatic N) is 4. The maximum absolute atomic E-state index is 12.7. The van der Waals surface area contributed by atoms with Crippen molar-refractivity contribution in [3.8, 4) is 11.4 Å². The average Bonchev–Trinajstić information content (AvgIpc) is 3.30. The van der Waals surface area contributed by atoms with Crippen LogP contribution in [0.4, 0.5) is 16.3 Å². The van der Waals surface area contributed by atoms with Crippen LogP contribution in [0.5, 0.6) is 0 Å². The Morgan fingerprint density at radius 1 is 1.19 bits per heavy atom. The van der Waals surface area contributed by atoms with Crippen LogP contribution in [0.2, 0.25) is 5.02 Å². The van der Waals surface area contributed by atoms with Gasteiger partial charge in [-0.15, -0.1) is 0 Å². The highest BCUT2D eigenvalue weighted by atomic mass is 35.5. The number of pyridine rings is 1. The van der Waals surface area contributed by atoms with E-state index in [0.717, 1.165) is 49.6 Å². The summed E-state index contributed by atoms with van der Waals surface area (Å²) in [6.45, 7) is 5.87. The van der Waals surface area contributed by atoms with Gasteiger partial charge in [0, 0.05) is 49.4 Å². The van der Waals surface area contributed by atoms with Gasteiger partial charge < -0.3 is 25.8 Å². The third-order valence-corrected chi connectivity index (χ3v) is 6.40. The van der Waals surface area contributed by atoms with Gasteiger partial charge in [0.2, 0.25) is 5.91 Å². The number of hydrogen-bond donors (Lipinski definition) is 4. The molecule has 3 aromatic rings. The second-order valence-corrected chi connectivity index (χ2v) is 9.40. The van der Waals surface area contributed by atoms with Crippen LogP contribution in [-0.2, 0) is 4.79 Å². The second-order valence-electron chi connectivity index (χ2n) is 8.96. The topological polar surface area (TPSA) is 128 Å². The number of aromatic amines is 1. The number of likely N-dealkylation sites (tertiary alicyclic amines) is 1. The lowest BCUT2D eigenvalue weighted by atomic mass is 10.0. The number of hydrogen-bond acceptors (Lipinski definition) is 6. The molecule has 0 radical (unpaired) electrons. The summed E-state index contributed by atoms with van der Waals surface area (Å²) < 4.78 is 0. The summed E-state index contributed by atoms with van der Waals surface area (Å²) in [5.41, 5.74) is 1.95. The maximum Gasteiger partial charge on any atom is 0.317 e. The van der Waals surface area contributed by atoms with Gasteiger partial charge in [-0.2, -0.15) is 0 Å². The highest BCUT2D eigenvalue weighted by molar-refractivity contribution is 6.31. The largest absolute Gasteiger partial charge is 0.366 e. The first-order valence-electron chi connectivity index (χ1n) is 12.6. The normalized spacial score (nSPS) is 15.6. The van der Waals surface area contributed by atoms with E-state index in [2.05, 4.69) is 30.9 Å². The molecule has 0 unspecified atom stereocenters. The Balaban J connectivity index is 1.60. The van der Waals surface area contributed by atoms with Gasteiger partial charge in [0.1, 0.15) is 11.3 Å². The summed E-state index contributed by atoms with van der Waals surface area (Å²) in [6, 6.07) is 1.80. The van der Waals surface area contributed by atoms with Crippen molar-refractivity contribution in [3.63, 3.8) is 0 Å². The van der Waals surface area contributed by atoms with Gasteiger partial charge in [0.25, 0.3) is 0 Å². The Bertz CT molecular complexity index is 1210. The lowest BCUT2D eigenvalue weighted by Crippen LogP contribution is -2.51. The SMILES string of the molecule is CCCNC(=O)N1CCCC[C@@H]1CNc1nc(-c2c[nH]c3ncc(Cl)cc23)ncc1NC(=O)CCC. The summed E-state index contributed by atoms with van der Waals surface area (Å²) >= 11 is 6.17. The first kappa shape index (κ1) is 25.7. The minimum absolute atomic E-state index is 0.0179. The van der Waals surface area contributed by atoms with Crippen LogP contribution in [-0.4, -0.2) is 62.5 Å². The average molecular weight is 513 g/mol. The molecule has 0 bridgehead atoms. The molecule has 4 N–H and O–H groups in total. The molecule has 36 heavy (non-hydrogen) atoms. The van der Waals surface area contributed by atoms with Gasteiger partial charge in [0.05, 0.1) is 17.3 Å². The van der Waals surface area contributed by atoms with Crippen LogP contribution < -0.4 is 16.0 Å². The van der Waals surface area contributed by atoms with Crippen LogP contribution in [0.1, 0.15) is 52.4 Å². The predicted molar refractivity (Wildman–Crippen MR) is 142 cm³/mol. The number of nitrogens with one attached hydrogen (secondary N) is 4. The first-order valence-corrected chi connectivity index (χ1v) is 13.0. The monoisotopic (exact) mass is 512 g/mol. The number of piperidine rings is 1. The van der Waals surface area contributed by atoms with E-state index in [0.29, 0.717) is 47.5 Å². The highest BCUT2D eigenvalue weighted by Gasteiger charge is 2.27. The minimum Gasteiger partial charge on any atom is -0.366 e. The molecule has 0 saturated carbocycles. The van der Waals surface area contributed by atoms with E-state index in [9.17, 15) is 9.59 Å². The summed E-state index contributed by atoms with van der Waals surface area (Å²) in [5.74, 6) is 0.883. The fourth-order valence-electron chi connectivity index (χ4n) is 4.37. The van der Waals surface area contributed by atoms with Crippen molar-refractivity contribution in [2.24, 2.45) is 0 Å². The van der Waals surface area contributed by atoms with Crippen LogP contribution >= 0.6 is 11.6 Å². The molecule has 1 aliphatic heterocycles.